The molecule has 2 rings (SSSR count). The fraction of sp³-hybridized carbons (Fsp3) is 0.267. The Bertz CT molecular complexity index is 753. The molecule has 6 nitrogen and oxygen atoms in total. The fourth-order valence-corrected chi connectivity index (χ4v) is 2.11. The Morgan fingerprint density at radius 2 is 1.86 bits per heavy atom. The Hall–Kier alpha value is -2.28. The molecule has 1 aromatic heterocycles. The number of amides is 1. The van der Waals surface area contributed by atoms with Crippen molar-refractivity contribution < 1.29 is 4.79 Å². The molecule has 0 fully saturated rings. The van der Waals surface area contributed by atoms with Crippen LogP contribution in [-0.4, -0.2) is 27.3 Å². The van der Waals surface area contributed by atoms with E-state index in [1.54, 1.807) is 0 Å². The lowest BCUT2D eigenvalue weighted by Crippen LogP contribution is -2.43. The molecule has 1 N–H and O–H groups in total. The van der Waals surface area contributed by atoms with E-state index in [4.69, 9.17) is 0 Å². The van der Waals surface area contributed by atoms with E-state index < -0.39 is 11.2 Å². The van der Waals surface area contributed by atoms with Crippen molar-refractivity contribution in [2.24, 2.45) is 0 Å². The molecular formula is C15H17N3O3S. The van der Waals surface area contributed by atoms with Crippen LogP contribution in [0.2, 0.25) is 0 Å². The first-order chi connectivity index (χ1) is 10.6. The molecule has 0 unspecified atom stereocenters. The summed E-state index contributed by atoms with van der Waals surface area (Å²) in [5.74, 6) is 0.110. The van der Waals surface area contributed by atoms with Crippen molar-refractivity contribution in [2.45, 2.75) is 13.1 Å². The van der Waals surface area contributed by atoms with Gasteiger partial charge < -0.3 is 5.32 Å². The molecule has 0 aliphatic carbocycles. The Morgan fingerprint density at radius 1 is 1.14 bits per heavy atom. The molecule has 2 aromatic rings. The quantitative estimate of drug-likeness (QED) is 0.742. The van der Waals surface area contributed by atoms with Crippen LogP contribution in [0.3, 0.4) is 0 Å². The number of carbonyl (C=O) groups excluding carboxylic acids is 1. The average Bonchev–Trinajstić information content (AvgIpc) is 2.53. The van der Waals surface area contributed by atoms with Gasteiger partial charge in [0.1, 0.15) is 6.54 Å². The number of aromatic nitrogens is 2. The minimum absolute atomic E-state index is 0.291. The summed E-state index contributed by atoms with van der Waals surface area (Å²) in [6, 6.07) is 10.7. The van der Waals surface area contributed by atoms with Crippen molar-refractivity contribution in [3.05, 3.63) is 69.0 Å². The Kier molecular flexibility index (Phi) is 5.60. The molecule has 22 heavy (non-hydrogen) atoms. The number of hydrogen-bond donors (Lipinski definition) is 2. The first kappa shape index (κ1) is 16.1. The van der Waals surface area contributed by atoms with Gasteiger partial charge in [-0.05, 0) is 5.56 Å². The summed E-state index contributed by atoms with van der Waals surface area (Å²) < 4.78 is 2.33. The van der Waals surface area contributed by atoms with Crippen LogP contribution in [0.25, 0.3) is 0 Å². The summed E-state index contributed by atoms with van der Waals surface area (Å²) in [7, 11) is 0. The molecule has 0 aliphatic heterocycles. The molecule has 116 valence electrons. The average molecular weight is 319 g/mol. The van der Waals surface area contributed by atoms with E-state index >= 15 is 0 Å². The lowest BCUT2D eigenvalue weighted by molar-refractivity contribution is -0.121. The fourth-order valence-electron chi connectivity index (χ4n) is 2.00. The smallest absolute Gasteiger partial charge is 0.331 e. The normalized spacial score (nSPS) is 10.4. The van der Waals surface area contributed by atoms with Crippen LogP contribution in [0.15, 0.2) is 52.2 Å². The topological polar surface area (TPSA) is 73.1 Å². The molecule has 0 saturated heterocycles. The molecule has 0 aliphatic rings. The summed E-state index contributed by atoms with van der Waals surface area (Å²) in [4.78, 5) is 35.8. The third kappa shape index (κ3) is 4.11. The highest BCUT2D eigenvalue weighted by atomic mass is 32.1. The molecule has 1 amide bonds. The van der Waals surface area contributed by atoms with Crippen LogP contribution in [0.1, 0.15) is 5.56 Å². The number of rotatable bonds is 6. The second-order valence-corrected chi connectivity index (χ2v) is 5.16. The monoisotopic (exact) mass is 319 g/mol. The second-order valence-electron chi connectivity index (χ2n) is 4.71. The molecule has 0 bridgehead atoms. The van der Waals surface area contributed by atoms with Crippen molar-refractivity contribution in [3.8, 4) is 0 Å². The van der Waals surface area contributed by atoms with Crippen LogP contribution >= 0.6 is 12.6 Å². The Balaban J connectivity index is 2.24. The molecule has 1 aromatic carbocycles. The van der Waals surface area contributed by atoms with Gasteiger partial charge in [-0.3, -0.25) is 18.7 Å². The number of nitrogens with zero attached hydrogens (tertiary/aromatic N) is 2. The zero-order valence-corrected chi connectivity index (χ0v) is 12.8. The highest BCUT2D eigenvalue weighted by Gasteiger charge is 2.09. The lowest BCUT2D eigenvalue weighted by Gasteiger charge is -2.10. The third-order valence-corrected chi connectivity index (χ3v) is 3.29. The zero-order chi connectivity index (χ0) is 15.9. The predicted molar refractivity (Wildman–Crippen MR) is 87.4 cm³/mol. The van der Waals surface area contributed by atoms with Gasteiger partial charge in [-0.25, -0.2) is 4.79 Å². The van der Waals surface area contributed by atoms with E-state index in [2.05, 4.69) is 17.9 Å². The summed E-state index contributed by atoms with van der Waals surface area (Å²) in [6.45, 7) is 0.445. The summed E-state index contributed by atoms with van der Waals surface area (Å²) in [5.41, 5.74) is -0.0537. The van der Waals surface area contributed by atoms with Gasteiger partial charge in [0, 0.05) is 24.6 Å². The van der Waals surface area contributed by atoms with Gasteiger partial charge in [0.15, 0.2) is 0 Å². The Morgan fingerprint density at radius 3 is 2.55 bits per heavy atom. The first-order valence-corrected chi connectivity index (χ1v) is 7.47. The van der Waals surface area contributed by atoms with E-state index in [9.17, 15) is 14.4 Å². The largest absolute Gasteiger partial charge is 0.354 e. The first-order valence-electron chi connectivity index (χ1n) is 6.83. The summed E-state index contributed by atoms with van der Waals surface area (Å²) >= 11 is 3.98. The standard InChI is InChI=1S/C15H17N3O3S/c19-13(16-7-9-22)11-18-14(20)6-8-17(15(18)21)10-12-4-2-1-3-5-12/h1-6,8,22H,7,9-11H2,(H,16,19). The highest BCUT2D eigenvalue weighted by Crippen LogP contribution is 1.99. The van der Waals surface area contributed by atoms with Crippen molar-refractivity contribution in [2.75, 3.05) is 12.3 Å². The molecular weight excluding hydrogens is 302 g/mol. The van der Waals surface area contributed by atoms with Gasteiger partial charge in [0.25, 0.3) is 5.56 Å². The number of carbonyl (C=O) groups is 1. The van der Waals surface area contributed by atoms with Crippen LogP contribution in [0, 0.1) is 0 Å². The van der Waals surface area contributed by atoms with Crippen molar-refractivity contribution >= 4 is 18.5 Å². The zero-order valence-electron chi connectivity index (χ0n) is 11.9. The van der Waals surface area contributed by atoms with Crippen molar-refractivity contribution in [1.82, 2.24) is 14.5 Å². The minimum Gasteiger partial charge on any atom is -0.354 e. The van der Waals surface area contributed by atoms with Gasteiger partial charge in [-0.2, -0.15) is 12.6 Å². The van der Waals surface area contributed by atoms with E-state index in [1.807, 2.05) is 30.3 Å². The summed E-state index contributed by atoms with van der Waals surface area (Å²) in [5, 5.41) is 2.58. The molecule has 0 atom stereocenters. The number of nitrogens with one attached hydrogen (secondary N) is 1. The van der Waals surface area contributed by atoms with E-state index in [0.29, 0.717) is 18.8 Å². The van der Waals surface area contributed by atoms with Crippen LogP contribution < -0.4 is 16.6 Å². The third-order valence-electron chi connectivity index (χ3n) is 3.07. The van der Waals surface area contributed by atoms with E-state index in [1.165, 1.54) is 16.8 Å². The van der Waals surface area contributed by atoms with Gasteiger partial charge >= 0.3 is 5.69 Å². The van der Waals surface area contributed by atoms with Crippen molar-refractivity contribution in [1.29, 1.82) is 0 Å². The Labute approximate surface area is 132 Å². The van der Waals surface area contributed by atoms with Gasteiger partial charge in [-0.1, -0.05) is 30.3 Å². The van der Waals surface area contributed by atoms with Crippen LogP contribution in [-0.2, 0) is 17.9 Å². The SMILES string of the molecule is O=C(Cn1c(=O)ccn(Cc2ccccc2)c1=O)NCCS. The molecule has 0 spiro atoms. The minimum atomic E-state index is -0.502. The highest BCUT2D eigenvalue weighted by molar-refractivity contribution is 7.80. The molecule has 1 heterocycles. The second kappa shape index (κ2) is 7.65. The van der Waals surface area contributed by atoms with Crippen molar-refractivity contribution in [3.63, 3.8) is 0 Å². The number of thiol groups is 1. The predicted octanol–water partition coefficient (Wildman–Crippen LogP) is 0.104. The molecule has 0 radical (unpaired) electrons. The van der Waals surface area contributed by atoms with E-state index in [-0.39, 0.29) is 12.5 Å². The lowest BCUT2D eigenvalue weighted by atomic mass is 10.2. The number of benzene rings is 1. The maximum absolute atomic E-state index is 12.3. The van der Waals surface area contributed by atoms with Gasteiger partial charge in [-0.15, -0.1) is 0 Å². The summed E-state index contributed by atoms with van der Waals surface area (Å²) in [6.07, 6.45) is 1.44. The van der Waals surface area contributed by atoms with E-state index in [0.717, 1.165) is 10.1 Å². The molecule has 0 saturated carbocycles. The number of hydrogen-bond acceptors (Lipinski definition) is 4. The maximum Gasteiger partial charge on any atom is 0.331 e. The van der Waals surface area contributed by atoms with Gasteiger partial charge in [0.2, 0.25) is 5.91 Å². The van der Waals surface area contributed by atoms with Gasteiger partial charge in [0.05, 0.1) is 6.54 Å². The van der Waals surface area contributed by atoms with Crippen LogP contribution in [0.4, 0.5) is 0 Å². The molecule has 7 heteroatoms. The maximum atomic E-state index is 12.3. The van der Waals surface area contributed by atoms with Crippen LogP contribution in [0.5, 0.6) is 0 Å².